The highest BCUT2D eigenvalue weighted by atomic mass is 16.5. The normalized spacial score (nSPS) is 11.7. The average molecular weight is 156 g/mol. The molecule has 0 fully saturated rings. The summed E-state index contributed by atoms with van der Waals surface area (Å²) in [5, 5.41) is 0. The SMILES string of the molecule is C#CCOC(C)CC(=O)OC. The topological polar surface area (TPSA) is 35.5 Å². The van der Waals surface area contributed by atoms with Crippen LogP contribution in [0.25, 0.3) is 0 Å². The van der Waals surface area contributed by atoms with E-state index in [9.17, 15) is 4.79 Å². The van der Waals surface area contributed by atoms with Gasteiger partial charge >= 0.3 is 5.97 Å². The molecule has 0 aromatic rings. The van der Waals surface area contributed by atoms with E-state index in [4.69, 9.17) is 11.2 Å². The van der Waals surface area contributed by atoms with Crippen LogP contribution in [0.2, 0.25) is 0 Å². The Balaban J connectivity index is 3.45. The van der Waals surface area contributed by atoms with Crippen molar-refractivity contribution in [3.63, 3.8) is 0 Å². The Kier molecular flexibility index (Phi) is 5.22. The van der Waals surface area contributed by atoms with E-state index >= 15 is 0 Å². The number of terminal acetylenes is 1. The van der Waals surface area contributed by atoms with Crippen molar-refractivity contribution < 1.29 is 14.3 Å². The minimum atomic E-state index is -0.283. The first kappa shape index (κ1) is 9.99. The molecular formula is C8H12O3. The lowest BCUT2D eigenvalue weighted by Gasteiger charge is -2.08. The molecule has 0 aromatic heterocycles. The van der Waals surface area contributed by atoms with Gasteiger partial charge in [-0.1, -0.05) is 5.92 Å². The highest BCUT2D eigenvalue weighted by Crippen LogP contribution is 1.97. The van der Waals surface area contributed by atoms with Crippen molar-refractivity contribution in [3.05, 3.63) is 0 Å². The van der Waals surface area contributed by atoms with Crippen LogP contribution in [0.3, 0.4) is 0 Å². The van der Waals surface area contributed by atoms with Crippen LogP contribution in [0.15, 0.2) is 0 Å². The molecule has 0 saturated carbocycles. The van der Waals surface area contributed by atoms with Crippen molar-refractivity contribution in [1.29, 1.82) is 0 Å². The summed E-state index contributed by atoms with van der Waals surface area (Å²) in [6.45, 7) is 2.01. The number of ether oxygens (including phenoxy) is 2. The van der Waals surface area contributed by atoms with Crippen LogP contribution in [-0.4, -0.2) is 25.8 Å². The maximum Gasteiger partial charge on any atom is 0.308 e. The third-order valence-electron chi connectivity index (χ3n) is 1.13. The minimum Gasteiger partial charge on any atom is -0.469 e. The lowest BCUT2D eigenvalue weighted by atomic mass is 10.3. The minimum absolute atomic E-state index is 0.168. The van der Waals surface area contributed by atoms with Gasteiger partial charge in [0.15, 0.2) is 0 Å². The first-order valence-corrected chi connectivity index (χ1v) is 3.32. The van der Waals surface area contributed by atoms with Gasteiger partial charge in [-0.25, -0.2) is 0 Å². The first-order chi connectivity index (χ1) is 5.20. The molecule has 3 heteroatoms. The van der Waals surface area contributed by atoms with E-state index in [1.165, 1.54) is 7.11 Å². The summed E-state index contributed by atoms with van der Waals surface area (Å²) in [5.74, 6) is 2.03. The molecule has 0 aliphatic heterocycles. The van der Waals surface area contributed by atoms with Gasteiger partial charge < -0.3 is 9.47 Å². The van der Waals surface area contributed by atoms with Crippen LogP contribution in [0.1, 0.15) is 13.3 Å². The van der Waals surface area contributed by atoms with Crippen LogP contribution >= 0.6 is 0 Å². The Morgan fingerprint density at radius 2 is 2.36 bits per heavy atom. The van der Waals surface area contributed by atoms with Gasteiger partial charge in [0.1, 0.15) is 6.61 Å². The van der Waals surface area contributed by atoms with Crippen LogP contribution < -0.4 is 0 Å². The molecule has 62 valence electrons. The lowest BCUT2D eigenvalue weighted by Crippen LogP contribution is -2.15. The van der Waals surface area contributed by atoms with E-state index in [1.807, 2.05) is 0 Å². The summed E-state index contributed by atoms with van der Waals surface area (Å²) in [7, 11) is 1.34. The van der Waals surface area contributed by atoms with Crippen molar-refractivity contribution >= 4 is 5.97 Å². The number of carbonyl (C=O) groups is 1. The number of carbonyl (C=O) groups excluding carboxylic acids is 1. The predicted molar refractivity (Wildman–Crippen MR) is 40.9 cm³/mol. The fourth-order valence-electron chi connectivity index (χ4n) is 0.567. The second kappa shape index (κ2) is 5.75. The quantitative estimate of drug-likeness (QED) is 0.441. The number of rotatable bonds is 4. The lowest BCUT2D eigenvalue weighted by molar-refractivity contribution is -0.143. The molecule has 11 heavy (non-hydrogen) atoms. The maximum atomic E-state index is 10.6. The molecule has 0 aliphatic rings. The third kappa shape index (κ3) is 5.43. The van der Waals surface area contributed by atoms with Crippen molar-refractivity contribution in [2.45, 2.75) is 19.4 Å². The molecule has 0 N–H and O–H groups in total. The number of hydrogen-bond donors (Lipinski definition) is 0. The van der Waals surface area contributed by atoms with Gasteiger partial charge in [0.2, 0.25) is 0 Å². The Bertz CT molecular complexity index is 157. The molecule has 0 rings (SSSR count). The zero-order valence-electron chi connectivity index (χ0n) is 6.79. The monoisotopic (exact) mass is 156 g/mol. The second-order valence-corrected chi connectivity index (χ2v) is 2.11. The Labute approximate surface area is 66.7 Å². The van der Waals surface area contributed by atoms with Crippen molar-refractivity contribution in [1.82, 2.24) is 0 Å². The van der Waals surface area contributed by atoms with Crippen molar-refractivity contribution in [2.75, 3.05) is 13.7 Å². The molecule has 3 nitrogen and oxygen atoms in total. The standard InChI is InChI=1S/C8H12O3/c1-4-5-11-7(2)6-8(9)10-3/h1,7H,5-6H2,2-3H3. The number of esters is 1. The van der Waals surface area contributed by atoms with E-state index in [0.29, 0.717) is 0 Å². The Hall–Kier alpha value is -1.01. The van der Waals surface area contributed by atoms with E-state index in [0.717, 1.165) is 0 Å². The van der Waals surface area contributed by atoms with Gasteiger partial charge in [-0.05, 0) is 6.92 Å². The summed E-state index contributed by atoms with van der Waals surface area (Å²) >= 11 is 0. The number of hydrogen-bond acceptors (Lipinski definition) is 3. The molecule has 1 atom stereocenters. The summed E-state index contributed by atoms with van der Waals surface area (Å²) in [5.41, 5.74) is 0. The van der Waals surface area contributed by atoms with Gasteiger partial charge in [0.05, 0.1) is 19.6 Å². The van der Waals surface area contributed by atoms with Crippen LogP contribution in [0.4, 0.5) is 0 Å². The third-order valence-corrected chi connectivity index (χ3v) is 1.13. The van der Waals surface area contributed by atoms with Crippen molar-refractivity contribution in [3.8, 4) is 12.3 Å². The molecule has 1 unspecified atom stereocenters. The summed E-state index contributed by atoms with van der Waals surface area (Å²) in [6, 6.07) is 0. The molecule has 0 spiro atoms. The van der Waals surface area contributed by atoms with Gasteiger partial charge in [0.25, 0.3) is 0 Å². The summed E-state index contributed by atoms with van der Waals surface area (Å²) < 4.78 is 9.46. The van der Waals surface area contributed by atoms with E-state index in [-0.39, 0.29) is 25.1 Å². The molecule has 0 amide bonds. The molecule has 0 radical (unpaired) electrons. The largest absolute Gasteiger partial charge is 0.469 e. The van der Waals surface area contributed by atoms with Gasteiger partial charge in [-0.2, -0.15) is 0 Å². The first-order valence-electron chi connectivity index (χ1n) is 3.32. The van der Waals surface area contributed by atoms with Gasteiger partial charge in [0, 0.05) is 0 Å². The van der Waals surface area contributed by atoms with Crippen molar-refractivity contribution in [2.24, 2.45) is 0 Å². The Morgan fingerprint density at radius 3 is 2.82 bits per heavy atom. The molecule has 0 bridgehead atoms. The maximum absolute atomic E-state index is 10.6. The van der Waals surface area contributed by atoms with Crippen LogP contribution in [-0.2, 0) is 14.3 Å². The highest BCUT2D eigenvalue weighted by Gasteiger charge is 2.07. The van der Waals surface area contributed by atoms with Gasteiger partial charge in [-0.15, -0.1) is 6.42 Å². The van der Waals surface area contributed by atoms with Gasteiger partial charge in [-0.3, -0.25) is 4.79 Å². The smallest absolute Gasteiger partial charge is 0.308 e. The summed E-state index contributed by atoms with van der Waals surface area (Å²) in [6.07, 6.45) is 5.03. The molecule has 0 heterocycles. The fraction of sp³-hybridized carbons (Fsp3) is 0.625. The predicted octanol–water partition coefficient (Wildman–Crippen LogP) is 0.588. The van der Waals surface area contributed by atoms with E-state index in [1.54, 1.807) is 6.92 Å². The number of methoxy groups -OCH3 is 1. The fourth-order valence-corrected chi connectivity index (χ4v) is 0.567. The zero-order chi connectivity index (χ0) is 8.69. The summed E-state index contributed by atoms with van der Waals surface area (Å²) in [4.78, 5) is 10.6. The zero-order valence-corrected chi connectivity index (χ0v) is 6.79. The second-order valence-electron chi connectivity index (χ2n) is 2.11. The van der Waals surface area contributed by atoms with E-state index < -0.39 is 0 Å². The van der Waals surface area contributed by atoms with E-state index in [2.05, 4.69) is 10.7 Å². The molecule has 0 saturated heterocycles. The Morgan fingerprint density at radius 1 is 1.73 bits per heavy atom. The highest BCUT2D eigenvalue weighted by molar-refractivity contribution is 5.69. The van der Waals surface area contributed by atoms with Crippen LogP contribution in [0.5, 0.6) is 0 Å². The molecular weight excluding hydrogens is 144 g/mol. The average Bonchev–Trinajstić information content (AvgIpc) is 2.00. The molecule has 0 aliphatic carbocycles. The van der Waals surface area contributed by atoms with Crippen LogP contribution in [0, 0.1) is 12.3 Å². The molecule has 0 aromatic carbocycles.